The van der Waals surface area contributed by atoms with Gasteiger partial charge in [-0.15, -0.1) is 0 Å². The second kappa shape index (κ2) is 11.1. The van der Waals surface area contributed by atoms with Crippen LogP contribution in [0.5, 0.6) is 17.2 Å². The Labute approximate surface area is 221 Å². The van der Waals surface area contributed by atoms with Gasteiger partial charge in [0, 0.05) is 11.3 Å². The maximum Gasteiger partial charge on any atom is 0.248 e. The van der Waals surface area contributed by atoms with Crippen molar-refractivity contribution in [1.82, 2.24) is 9.47 Å². The van der Waals surface area contributed by atoms with Crippen LogP contribution in [0.4, 0.5) is 0 Å². The number of hydrogen-bond donors (Lipinski definition) is 0. The van der Waals surface area contributed by atoms with E-state index in [1.807, 2.05) is 80.6 Å². The van der Waals surface area contributed by atoms with Crippen molar-refractivity contribution in [3.05, 3.63) is 66.7 Å². The number of hydrogen-bond acceptors (Lipinski definition) is 6. The molecule has 38 heavy (non-hydrogen) atoms. The fraction of sp³-hybridized carbons (Fsp3) is 0.333. The Bertz CT molecular complexity index is 1460. The van der Waals surface area contributed by atoms with Gasteiger partial charge in [-0.25, -0.2) is 0 Å². The Morgan fingerprint density at radius 1 is 0.947 bits per heavy atom. The van der Waals surface area contributed by atoms with Crippen LogP contribution >= 0.6 is 0 Å². The van der Waals surface area contributed by atoms with E-state index in [1.54, 1.807) is 16.6 Å². The molecule has 3 aromatic carbocycles. The summed E-state index contributed by atoms with van der Waals surface area (Å²) in [7, 11) is 1.60. The van der Waals surface area contributed by atoms with Gasteiger partial charge in [-0.2, -0.15) is 0 Å². The van der Waals surface area contributed by atoms with Gasteiger partial charge < -0.3 is 23.8 Å². The Balaban J connectivity index is 1.29. The number of benzene rings is 3. The zero-order valence-electron chi connectivity index (χ0n) is 21.9. The molecular weight excluding hydrogens is 484 g/mol. The van der Waals surface area contributed by atoms with Crippen LogP contribution in [0.1, 0.15) is 18.6 Å². The molecule has 0 saturated carbocycles. The number of aromatic nitrogens is 1. The first-order valence-corrected chi connectivity index (χ1v) is 12.8. The molecule has 1 unspecified atom stereocenters. The third kappa shape index (κ3) is 5.04. The molecule has 1 fully saturated rings. The fourth-order valence-corrected chi connectivity index (χ4v) is 4.79. The van der Waals surface area contributed by atoms with Crippen LogP contribution in [0.2, 0.25) is 0 Å². The van der Waals surface area contributed by atoms with Crippen LogP contribution < -0.4 is 14.2 Å². The van der Waals surface area contributed by atoms with Crippen LogP contribution in [0.15, 0.2) is 66.7 Å². The van der Waals surface area contributed by atoms with Gasteiger partial charge in [0.25, 0.3) is 0 Å². The van der Waals surface area contributed by atoms with Crippen molar-refractivity contribution in [2.24, 2.45) is 5.92 Å². The standard InChI is InChI=1S/C30H32N2O6/c1-20(2)30(34)32-23-10-5-4-9-22(23)29-24(32)11-8-14-27(29)38-18-21-17-31(28(33)19-37-21)15-16-36-26-13-7-6-12-25(26)35-3/h4-14,20-21H,15-19H2,1-3H3. The Morgan fingerprint density at radius 2 is 1.66 bits per heavy atom. The number of nitrogens with zero attached hydrogens (tertiary/aromatic N) is 2. The Hall–Kier alpha value is -4.04. The molecule has 1 amide bonds. The van der Waals surface area contributed by atoms with Crippen LogP contribution in [-0.2, 0) is 9.53 Å². The van der Waals surface area contributed by atoms with E-state index >= 15 is 0 Å². The quantitative estimate of drug-likeness (QED) is 0.319. The number of morpholine rings is 1. The maximum absolute atomic E-state index is 13.1. The third-order valence-corrected chi connectivity index (χ3v) is 6.71. The smallest absolute Gasteiger partial charge is 0.248 e. The lowest BCUT2D eigenvalue weighted by Crippen LogP contribution is -2.49. The number of rotatable bonds is 9. The average Bonchev–Trinajstić information content (AvgIpc) is 3.28. The Kier molecular flexibility index (Phi) is 7.51. The van der Waals surface area contributed by atoms with Crippen molar-refractivity contribution < 1.29 is 28.5 Å². The largest absolute Gasteiger partial charge is 0.493 e. The van der Waals surface area contributed by atoms with Gasteiger partial charge in [-0.05, 0) is 30.3 Å². The van der Waals surface area contributed by atoms with Gasteiger partial charge in [0.2, 0.25) is 11.8 Å². The molecule has 0 bridgehead atoms. The molecule has 8 heteroatoms. The zero-order chi connectivity index (χ0) is 26.6. The van der Waals surface area contributed by atoms with E-state index in [-0.39, 0.29) is 37.0 Å². The summed E-state index contributed by atoms with van der Waals surface area (Å²) in [5.41, 5.74) is 1.68. The van der Waals surface area contributed by atoms with Gasteiger partial charge in [0.1, 0.15) is 31.7 Å². The van der Waals surface area contributed by atoms with Gasteiger partial charge in [0.05, 0.1) is 36.6 Å². The van der Waals surface area contributed by atoms with Gasteiger partial charge in [-0.3, -0.25) is 14.2 Å². The molecule has 198 valence electrons. The summed E-state index contributed by atoms with van der Waals surface area (Å²) in [5, 5.41) is 1.85. The fourth-order valence-electron chi connectivity index (χ4n) is 4.79. The highest BCUT2D eigenvalue weighted by molar-refractivity contribution is 6.15. The number of carbonyl (C=O) groups is 2. The average molecular weight is 517 g/mol. The molecule has 1 atom stereocenters. The van der Waals surface area contributed by atoms with Gasteiger partial charge in [0.15, 0.2) is 11.5 Å². The molecule has 0 N–H and O–H groups in total. The van der Waals surface area contributed by atoms with E-state index in [0.717, 1.165) is 21.8 Å². The van der Waals surface area contributed by atoms with Crippen molar-refractivity contribution in [2.45, 2.75) is 20.0 Å². The van der Waals surface area contributed by atoms with Gasteiger partial charge in [-0.1, -0.05) is 50.2 Å². The topological polar surface area (TPSA) is 79.2 Å². The lowest BCUT2D eigenvalue weighted by atomic mass is 10.1. The van der Waals surface area contributed by atoms with Crippen LogP contribution in [0.3, 0.4) is 0 Å². The maximum atomic E-state index is 13.1. The lowest BCUT2D eigenvalue weighted by molar-refractivity contribution is -0.150. The summed E-state index contributed by atoms with van der Waals surface area (Å²) >= 11 is 0. The minimum absolute atomic E-state index is 0.00488. The van der Waals surface area contributed by atoms with Crippen molar-refractivity contribution in [3.8, 4) is 17.2 Å². The summed E-state index contributed by atoms with van der Waals surface area (Å²) in [6, 6.07) is 21.0. The van der Waals surface area contributed by atoms with E-state index in [1.165, 1.54) is 0 Å². The highest BCUT2D eigenvalue weighted by Gasteiger charge is 2.27. The van der Waals surface area contributed by atoms with Crippen molar-refractivity contribution >= 4 is 33.6 Å². The highest BCUT2D eigenvalue weighted by atomic mass is 16.5. The summed E-state index contributed by atoms with van der Waals surface area (Å²) in [6.45, 7) is 5.23. The normalized spacial score (nSPS) is 15.8. The first kappa shape index (κ1) is 25.6. The van der Waals surface area contributed by atoms with E-state index in [9.17, 15) is 9.59 Å². The minimum Gasteiger partial charge on any atom is -0.493 e. The molecule has 1 aliphatic heterocycles. The molecular formula is C30H32N2O6. The molecule has 2 heterocycles. The second-order valence-electron chi connectivity index (χ2n) is 9.58. The van der Waals surface area contributed by atoms with Crippen molar-refractivity contribution in [3.63, 3.8) is 0 Å². The molecule has 1 aromatic heterocycles. The predicted octanol–water partition coefficient (Wildman–Crippen LogP) is 4.78. The molecule has 1 aliphatic rings. The lowest BCUT2D eigenvalue weighted by Gasteiger charge is -2.32. The summed E-state index contributed by atoms with van der Waals surface area (Å²) < 4.78 is 25.0. The third-order valence-electron chi connectivity index (χ3n) is 6.71. The first-order chi connectivity index (χ1) is 18.5. The molecule has 4 aromatic rings. The molecule has 0 radical (unpaired) electrons. The summed E-state index contributed by atoms with van der Waals surface area (Å²) in [6.07, 6.45) is -0.292. The van der Waals surface area contributed by atoms with Crippen LogP contribution in [-0.4, -0.2) is 67.4 Å². The minimum atomic E-state index is -0.292. The highest BCUT2D eigenvalue weighted by Crippen LogP contribution is 2.36. The Morgan fingerprint density at radius 3 is 2.45 bits per heavy atom. The van der Waals surface area contributed by atoms with Crippen molar-refractivity contribution in [1.29, 1.82) is 0 Å². The van der Waals surface area contributed by atoms with E-state index in [4.69, 9.17) is 18.9 Å². The molecule has 0 spiro atoms. The summed E-state index contributed by atoms with van der Waals surface area (Å²) in [4.78, 5) is 27.3. The van der Waals surface area contributed by atoms with Crippen molar-refractivity contribution in [2.75, 3.05) is 40.0 Å². The second-order valence-corrected chi connectivity index (χ2v) is 9.58. The van der Waals surface area contributed by atoms with Crippen LogP contribution in [0, 0.1) is 5.92 Å². The number of para-hydroxylation sites is 3. The SMILES string of the molecule is COc1ccccc1OCCN1CC(COc2cccc3c2c2ccccc2n3C(=O)C(C)C)OCC1=O. The monoisotopic (exact) mass is 516 g/mol. The number of methoxy groups -OCH3 is 1. The zero-order valence-corrected chi connectivity index (χ0v) is 21.9. The van der Waals surface area contributed by atoms with Crippen LogP contribution in [0.25, 0.3) is 21.8 Å². The molecule has 0 aliphatic carbocycles. The van der Waals surface area contributed by atoms with Gasteiger partial charge >= 0.3 is 0 Å². The predicted molar refractivity (Wildman–Crippen MR) is 145 cm³/mol. The number of amides is 1. The number of ether oxygens (including phenoxy) is 4. The number of fused-ring (bicyclic) bond motifs is 3. The number of carbonyl (C=O) groups excluding carboxylic acids is 2. The van der Waals surface area contributed by atoms with E-state index < -0.39 is 0 Å². The van der Waals surface area contributed by atoms with E-state index in [2.05, 4.69) is 0 Å². The molecule has 5 rings (SSSR count). The summed E-state index contributed by atoms with van der Waals surface area (Å²) in [5.74, 6) is 1.78. The molecule has 8 nitrogen and oxygen atoms in total. The van der Waals surface area contributed by atoms with E-state index in [0.29, 0.717) is 36.9 Å². The first-order valence-electron chi connectivity index (χ1n) is 12.8. The molecule has 1 saturated heterocycles.